The number of unbranched alkanes of at least 4 members (excludes halogenated alkanes) is 39. The van der Waals surface area contributed by atoms with Gasteiger partial charge in [-0.1, -0.05) is 257 Å². The maximum atomic E-state index is 13.5. The van der Waals surface area contributed by atoms with Gasteiger partial charge in [-0.05, 0) is 83.1 Å². The Morgan fingerprint density at radius 2 is 0.773 bits per heavy atom. The van der Waals surface area contributed by atoms with E-state index in [1.165, 1.54) is 212 Å². The van der Waals surface area contributed by atoms with Gasteiger partial charge in [0, 0.05) is 12.8 Å². The molecule has 3 atom stereocenters. The molecule has 0 aromatic rings. The van der Waals surface area contributed by atoms with Crippen molar-refractivity contribution in [2.45, 2.75) is 328 Å². The number of hydrogen-bond donors (Lipinski definition) is 2. The molecule has 0 bridgehead atoms. The largest absolute Gasteiger partial charge is 0.472 e. The third kappa shape index (κ3) is 56.8. The lowest BCUT2D eigenvalue weighted by atomic mass is 10.0. The number of carbonyl (C=O) groups is 2. The fraction of sp³-hybridized carbons (Fsp3) is 0.877. The number of likely N-dealkylation sites (N-methyl/N-ethyl adjacent to an activating group) is 1. The van der Waals surface area contributed by atoms with E-state index in [0.29, 0.717) is 23.9 Å². The third-order valence-corrected chi connectivity index (χ3v) is 15.5. The highest BCUT2D eigenvalue weighted by atomic mass is 31.2. The van der Waals surface area contributed by atoms with Crippen LogP contribution in [0.1, 0.15) is 316 Å². The van der Waals surface area contributed by atoms with Gasteiger partial charge in [0.1, 0.15) is 19.3 Å². The van der Waals surface area contributed by atoms with Crippen LogP contribution in [0.4, 0.5) is 0 Å². The number of nitrogens with one attached hydrogen (secondary N) is 1. The second kappa shape index (κ2) is 55.5. The molecule has 9 nitrogen and oxygen atoms in total. The van der Waals surface area contributed by atoms with Gasteiger partial charge in [-0.15, -0.1) is 0 Å². The number of rotatable bonds is 59. The minimum atomic E-state index is -4.45. The number of quaternary nitrogens is 1. The molecule has 0 radical (unpaired) electrons. The van der Waals surface area contributed by atoms with E-state index in [1.54, 1.807) is 0 Å². The second-order valence-corrected chi connectivity index (χ2v) is 24.7. The van der Waals surface area contributed by atoms with Gasteiger partial charge in [0.25, 0.3) is 0 Å². The number of esters is 1. The summed E-state index contributed by atoms with van der Waals surface area (Å²) in [4.78, 5) is 37.7. The van der Waals surface area contributed by atoms with Gasteiger partial charge in [-0.3, -0.25) is 18.6 Å². The van der Waals surface area contributed by atoms with E-state index in [9.17, 15) is 19.0 Å². The maximum Gasteiger partial charge on any atom is 0.472 e. The van der Waals surface area contributed by atoms with Crippen LogP contribution < -0.4 is 5.32 Å². The van der Waals surface area contributed by atoms with Crippen LogP contribution in [-0.4, -0.2) is 74.3 Å². The van der Waals surface area contributed by atoms with E-state index in [-0.39, 0.29) is 25.1 Å². The van der Waals surface area contributed by atoms with E-state index >= 15 is 0 Å². The first-order valence-electron chi connectivity index (χ1n) is 32.3. The predicted molar refractivity (Wildman–Crippen MR) is 323 cm³/mol. The molecule has 0 aliphatic rings. The van der Waals surface area contributed by atoms with Crippen LogP contribution >= 0.6 is 7.82 Å². The Labute approximate surface area is 466 Å². The van der Waals surface area contributed by atoms with Crippen molar-refractivity contribution in [3.63, 3.8) is 0 Å². The average molecular weight is 1080 g/mol. The van der Waals surface area contributed by atoms with Gasteiger partial charge in [-0.2, -0.15) is 0 Å². The number of nitrogens with zero attached hydrogens (tertiary/aromatic N) is 1. The van der Waals surface area contributed by atoms with Crippen LogP contribution in [0.2, 0.25) is 0 Å². The minimum absolute atomic E-state index is 0.0395. The van der Waals surface area contributed by atoms with E-state index < -0.39 is 20.0 Å². The van der Waals surface area contributed by atoms with Crippen molar-refractivity contribution in [2.24, 2.45) is 0 Å². The average Bonchev–Trinajstić information content (AvgIpc) is 3.37. The molecular weight excluding hydrogens is 952 g/mol. The highest BCUT2D eigenvalue weighted by molar-refractivity contribution is 7.47. The molecule has 0 aromatic carbocycles. The quantitative estimate of drug-likeness (QED) is 0.0205. The van der Waals surface area contributed by atoms with Crippen molar-refractivity contribution in [1.29, 1.82) is 0 Å². The van der Waals surface area contributed by atoms with Gasteiger partial charge < -0.3 is 19.4 Å². The molecule has 0 saturated carbocycles. The Balaban J connectivity index is 5.15. The standard InChI is InChI=1S/C65H125N2O7P/c1-7-10-13-16-19-22-25-28-29-30-31-32-33-34-35-36-37-40-43-46-49-52-55-58-65(69)74-63(56-53-50-47-44-41-38-26-23-20-17-14-11-8-2)62(61-73-75(70,71)72-60-59-67(4,5)6)66-64(68)57-54-51-48-45-42-39-27-24-21-18-15-12-9-3/h28-29,39,42,53,56,62-63H,7-27,30-38,40-41,43-52,54-55,57-61H2,1-6H3,(H-,66,68,70,71)/p+1/b29-28+,42-39-,56-53-. The highest BCUT2D eigenvalue weighted by Gasteiger charge is 2.30. The molecule has 1 amide bonds. The molecule has 75 heavy (non-hydrogen) atoms. The molecule has 0 heterocycles. The normalized spacial score (nSPS) is 13.9. The molecular formula is C65H126N2O7P+. The molecule has 3 unspecified atom stereocenters. The Morgan fingerprint density at radius 3 is 1.15 bits per heavy atom. The maximum absolute atomic E-state index is 13.5. The van der Waals surface area contributed by atoms with Gasteiger partial charge in [0.05, 0.1) is 33.8 Å². The summed E-state index contributed by atoms with van der Waals surface area (Å²) in [5, 5.41) is 3.05. The van der Waals surface area contributed by atoms with Crippen LogP contribution in [0.3, 0.4) is 0 Å². The molecule has 0 aliphatic heterocycles. The Hall–Kier alpha value is -1.77. The summed E-state index contributed by atoms with van der Waals surface area (Å²) in [5.74, 6) is -0.511. The highest BCUT2D eigenvalue weighted by Crippen LogP contribution is 2.43. The fourth-order valence-electron chi connectivity index (χ4n) is 9.52. The zero-order valence-corrected chi connectivity index (χ0v) is 51.5. The van der Waals surface area contributed by atoms with Crippen LogP contribution in [-0.2, 0) is 27.9 Å². The molecule has 2 N–H and O–H groups in total. The van der Waals surface area contributed by atoms with Crippen molar-refractivity contribution in [3.05, 3.63) is 36.5 Å². The van der Waals surface area contributed by atoms with Gasteiger partial charge in [0.15, 0.2) is 0 Å². The SMILES string of the molecule is CCCCCCCC/C=C\CCCCCC(=O)NC(COP(=O)(O)OCC[N+](C)(C)C)C(/C=C\CCCCCCCCCCCCC)OC(=O)CCCCCCCCCCCCCCC/C=C/CCCCCCCC. The summed E-state index contributed by atoms with van der Waals surface area (Å²) in [6.07, 6.45) is 67.2. The number of ether oxygens (including phenoxy) is 1. The molecule has 0 aliphatic carbocycles. The number of hydrogen-bond acceptors (Lipinski definition) is 6. The lowest BCUT2D eigenvalue weighted by molar-refractivity contribution is -0.870. The van der Waals surface area contributed by atoms with Crippen molar-refractivity contribution in [1.82, 2.24) is 5.32 Å². The van der Waals surface area contributed by atoms with E-state index in [1.807, 2.05) is 33.3 Å². The number of phosphoric acid groups is 1. The monoisotopic (exact) mass is 1080 g/mol. The lowest BCUT2D eigenvalue weighted by Crippen LogP contribution is -2.47. The van der Waals surface area contributed by atoms with Crippen LogP contribution in [0.25, 0.3) is 0 Å². The molecule has 0 rings (SSSR count). The zero-order valence-electron chi connectivity index (χ0n) is 50.6. The first-order valence-corrected chi connectivity index (χ1v) is 33.8. The number of allylic oxidation sites excluding steroid dienone is 5. The summed E-state index contributed by atoms with van der Waals surface area (Å²) < 4.78 is 30.7. The summed E-state index contributed by atoms with van der Waals surface area (Å²) in [6, 6.07) is -0.853. The van der Waals surface area contributed by atoms with Crippen LogP contribution in [0, 0.1) is 0 Å². The zero-order chi connectivity index (χ0) is 55.0. The van der Waals surface area contributed by atoms with Gasteiger partial charge in [-0.25, -0.2) is 4.57 Å². The van der Waals surface area contributed by atoms with Crippen molar-refractivity contribution in [3.8, 4) is 0 Å². The predicted octanol–water partition coefficient (Wildman–Crippen LogP) is 19.9. The first kappa shape index (κ1) is 73.2. The lowest BCUT2D eigenvalue weighted by Gasteiger charge is -2.27. The minimum Gasteiger partial charge on any atom is -0.456 e. The van der Waals surface area contributed by atoms with E-state index in [0.717, 1.165) is 70.6 Å². The molecule has 0 aromatic heterocycles. The van der Waals surface area contributed by atoms with E-state index in [4.69, 9.17) is 13.8 Å². The molecule has 0 spiro atoms. The molecule has 0 saturated heterocycles. The topological polar surface area (TPSA) is 111 Å². The summed E-state index contributed by atoms with van der Waals surface area (Å²) in [6.45, 7) is 7.02. The fourth-order valence-corrected chi connectivity index (χ4v) is 10.3. The summed E-state index contributed by atoms with van der Waals surface area (Å²) >= 11 is 0. The van der Waals surface area contributed by atoms with Crippen molar-refractivity contribution >= 4 is 19.7 Å². The third-order valence-electron chi connectivity index (χ3n) is 14.6. The number of amides is 1. The van der Waals surface area contributed by atoms with E-state index in [2.05, 4.69) is 50.4 Å². The Morgan fingerprint density at radius 1 is 0.453 bits per heavy atom. The summed E-state index contributed by atoms with van der Waals surface area (Å²) in [5.41, 5.74) is 0. The van der Waals surface area contributed by atoms with Crippen LogP contribution in [0.5, 0.6) is 0 Å². The first-order chi connectivity index (χ1) is 36.4. The number of carbonyl (C=O) groups excluding carboxylic acids is 2. The van der Waals surface area contributed by atoms with Gasteiger partial charge >= 0.3 is 13.8 Å². The molecule has 442 valence electrons. The van der Waals surface area contributed by atoms with Crippen molar-refractivity contribution in [2.75, 3.05) is 40.9 Å². The Bertz CT molecular complexity index is 1380. The molecule has 0 fully saturated rings. The number of phosphoric ester groups is 1. The second-order valence-electron chi connectivity index (χ2n) is 23.3. The molecule has 10 heteroatoms. The Kier molecular flexibility index (Phi) is 54.2. The van der Waals surface area contributed by atoms with Gasteiger partial charge in [0.2, 0.25) is 5.91 Å². The van der Waals surface area contributed by atoms with Crippen LogP contribution in [0.15, 0.2) is 36.5 Å². The smallest absolute Gasteiger partial charge is 0.456 e. The van der Waals surface area contributed by atoms with Crippen molar-refractivity contribution < 1.29 is 37.3 Å². The summed E-state index contributed by atoms with van der Waals surface area (Å²) in [7, 11) is 1.50.